The summed E-state index contributed by atoms with van der Waals surface area (Å²) >= 11 is 0. The van der Waals surface area contributed by atoms with Gasteiger partial charge in [-0.25, -0.2) is 9.67 Å². The molecular weight excluding hydrogens is 298 g/mol. The molecule has 2 atom stereocenters. The number of benzene rings is 1. The van der Waals surface area contributed by atoms with E-state index in [0.29, 0.717) is 12.1 Å². The molecule has 1 fully saturated rings. The summed E-state index contributed by atoms with van der Waals surface area (Å²) in [5, 5.41) is 4.45. The Morgan fingerprint density at radius 1 is 1.12 bits per heavy atom. The molecule has 124 valence electrons. The molecule has 2 heterocycles. The molecule has 1 aliphatic carbocycles. The van der Waals surface area contributed by atoms with Crippen molar-refractivity contribution in [3.05, 3.63) is 54.1 Å². The Labute approximate surface area is 142 Å². The molecule has 3 aromatic rings. The lowest BCUT2D eigenvalue weighted by molar-refractivity contribution is 0.514. The lowest BCUT2D eigenvalue weighted by Crippen LogP contribution is -2.16. The maximum absolute atomic E-state index is 6.13. The van der Waals surface area contributed by atoms with Crippen LogP contribution in [0.15, 0.2) is 43.0 Å². The van der Waals surface area contributed by atoms with Gasteiger partial charge in [0, 0.05) is 42.4 Å². The number of nitrogens with zero attached hydrogens (tertiary/aromatic N) is 4. The second-order valence-electron chi connectivity index (χ2n) is 6.81. The van der Waals surface area contributed by atoms with Gasteiger partial charge in [0.1, 0.15) is 5.82 Å². The maximum atomic E-state index is 6.13. The van der Waals surface area contributed by atoms with Crippen LogP contribution in [0.5, 0.6) is 0 Å². The monoisotopic (exact) mass is 321 g/mol. The van der Waals surface area contributed by atoms with E-state index in [1.807, 2.05) is 29.3 Å². The molecule has 0 unspecified atom stereocenters. The number of hydrogen-bond donors (Lipinski definition) is 1. The fourth-order valence-corrected chi connectivity index (χ4v) is 3.90. The SMILES string of the molecule is Cc1cc(C)c(-n2cccn2)c(-c2nccn2[C@@H]2CC[C@H](N)C2)c1. The summed E-state index contributed by atoms with van der Waals surface area (Å²) in [6.07, 6.45) is 11.0. The summed E-state index contributed by atoms with van der Waals surface area (Å²) in [4.78, 5) is 4.69. The van der Waals surface area contributed by atoms with Crippen molar-refractivity contribution < 1.29 is 0 Å². The van der Waals surface area contributed by atoms with Gasteiger partial charge in [-0.2, -0.15) is 5.10 Å². The zero-order valence-electron chi connectivity index (χ0n) is 14.2. The van der Waals surface area contributed by atoms with Crippen LogP contribution in [-0.2, 0) is 0 Å². The third-order valence-electron chi connectivity index (χ3n) is 4.93. The molecule has 5 nitrogen and oxygen atoms in total. The van der Waals surface area contributed by atoms with E-state index >= 15 is 0 Å². The molecule has 1 aliphatic rings. The first-order valence-corrected chi connectivity index (χ1v) is 8.53. The lowest BCUT2D eigenvalue weighted by atomic mass is 10.0. The van der Waals surface area contributed by atoms with Crippen molar-refractivity contribution in [2.45, 2.75) is 45.2 Å². The second-order valence-corrected chi connectivity index (χ2v) is 6.81. The van der Waals surface area contributed by atoms with Crippen molar-refractivity contribution in [3.8, 4) is 17.1 Å². The third kappa shape index (κ3) is 2.55. The molecule has 0 spiro atoms. The van der Waals surface area contributed by atoms with E-state index in [1.54, 1.807) is 0 Å². The van der Waals surface area contributed by atoms with Crippen LogP contribution < -0.4 is 5.73 Å². The van der Waals surface area contributed by atoms with Gasteiger partial charge in [0.15, 0.2) is 0 Å². The van der Waals surface area contributed by atoms with E-state index in [9.17, 15) is 0 Å². The topological polar surface area (TPSA) is 61.7 Å². The van der Waals surface area contributed by atoms with Crippen molar-refractivity contribution in [2.24, 2.45) is 5.73 Å². The van der Waals surface area contributed by atoms with Crippen LogP contribution in [0.25, 0.3) is 17.1 Å². The smallest absolute Gasteiger partial charge is 0.142 e. The minimum atomic E-state index is 0.301. The van der Waals surface area contributed by atoms with Crippen LogP contribution >= 0.6 is 0 Å². The summed E-state index contributed by atoms with van der Waals surface area (Å²) in [5.41, 5.74) is 10.8. The summed E-state index contributed by atoms with van der Waals surface area (Å²) in [6, 6.07) is 7.08. The highest BCUT2D eigenvalue weighted by atomic mass is 15.3. The van der Waals surface area contributed by atoms with Gasteiger partial charge < -0.3 is 10.3 Å². The van der Waals surface area contributed by atoms with Crippen LogP contribution in [-0.4, -0.2) is 25.4 Å². The summed E-state index contributed by atoms with van der Waals surface area (Å²) in [5.74, 6) is 1.01. The predicted octanol–water partition coefficient (Wildman–Crippen LogP) is 3.40. The van der Waals surface area contributed by atoms with Crippen LogP contribution in [0.3, 0.4) is 0 Å². The molecule has 4 rings (SSSR count). The molecule has 5 heteroatoms. The van der Waals surface area contributed by atoms with Crippen molar-refractivity contribution >= 4 is 0 Å². The summed E-state index contributed by atoms with van der Waals surface area (Å²) < 4.78 is 4.23. The molecule has 1 saturated carbocycles. The van der Waals surface area contributed by atoms with Crippen LogP contribution in [0, 0.1) is 13.8 Å². The highest BCUT2D eigenvalue weighted by Gasteiger charge is 2.26. The number of nitrogens with two attached hydrogens (primary N) is 1. The highest BCUT2D eigenvalue weighted by Crippen LogP contribution is 2.35. The van der Waals surface area contributed by atoms with Crippen LogP contribution in [0.2, 0.25) is 0 Å². The fraction of sp³-hybridized carbons (Fsp3) is 0.368. The van der Waals surface area contributed by atoms with Crippen LogP contribution in [0.1, 0.15) is 36.4 Å². The first-order chi connectivity index (χ1) is 11.6. The molecule has 0 amide bonds. The Kier molecular flexibility index (Phi) is 3.73. The molecule has 2 aromatic heterocycles. The zero-order chi connectivity index (χ0) is 16.7. The largest absolute Gasteiger partial charge is 0.328 e. The molecule has 24 heavy (non-hydrogen) atoms. The number of aromatic nitrogens is 4. The Hall–Kier alpha value is -2.40. The zero-order valence-corrected chi connectivity index (χ0v) is 14.2. The van der Waals surface area contributed by atoms with Crippen LogP contribution in [0.4, 0.5) is 0 Å². The average Bonchev–Trinajstić information content (AvgIpc) is 3.27. The Balaban J connectivity index is 1.88. The Bertz CT molecular complexity index is 847. The minimum absolute atomic E-state index is 0.301. The summed E-state index contributed by atoms with van der Waals surface area (Å²) in [6.45, 7) is 4.26. The van der Waals surface area contributed by atoms with Gasteiger partial charge in [-0.05, 0) is 56.4 Å². The third-order valence-corrected chi connectivity index (χ3v) is 4.93. The van der Waals surface area contributed by atoms with E-state index in [1.165, 1.54) is 11.1 Å². The van der Waals surface area contributed by atoms with E-state index in [4.69, 9.17) is 5.73 Å². The highest BCUT2D eigenvalue weighted by molar-refractivity contribution is 5.71. The first-order valence-electron chi connectivity index (χ1n) is 8.53. The molecular formula is C19H23N5. The van der Waals surface area contributed by atoms with E-state index in [-0.39, 0.29) is 0 Å². The van der Waals surface area contributed by atoms with E-state index in [0.717, 1.165) is 36.3 Å². The van der Waals surface area contributed by atoms with Gasteiger partial charge in [-0.15, -0.1) is 0 Å². The molecule has 2 N–H and O–H groups in total. The Morgan fingerprint density at radius 2 is 2.00 bits per heavy atom. The molecule has 1 aromatic carbocycles. The van der Waals surface area contributed by atoms with Crippen molar-refractivity contribution in [2.75, 3.05) is 0 Å². The molecule has 0 aliphatic heterocycles. The molecule has 0 saturated heterocycles. The van der Waals surface area contributed by atoms with Gasteiger partial charge in [-0.1, -0.05) is 6.07 Å². The number of hydrogen-bond acceptors (Lipinski definition) is 3. The van der Waals surface area contributed by atoms with Crippen molar-refractivity contribution in [1.29, 1.82) is 0 Å². The van der Waals surface area contributed by atoms with Gasteiger partial charge in [-0.3, -0.25) is 0 Å². The van der Waals surface area contributed by atoms with Crippen molar-refractivity contribution in [3.63, 3.8) is 0 Å². The average molecular weight is 321 g/mol. The summed E-state index contributed by atoms with van der Waals surface area (Å²) in [7, 11) is 0. The lowest BCUT2D eigenvalue weighted by Gasteiger charge is -2.19. The quantitative estimate of drug-likeness (QED) is 0.804. The second kappa shape index (κ2) is 5.91. The van der Waals surface area contributed by atoms with Gasteiger partial charge in [0.25, 0.3) is 0 Å². The Morgan fingerprint density at radius 3 is 2.71 bits per heavy atom. The van der Waals surface area contributed by atoms with E-state index < -0.39 is 0 Å². The number of imidazole rings is 1. The molecule has 0 bridgehead atoms. The van der Waals surface area contributed by atoms with Gasteiger partial charge in [0.05, 0.1) is 5.69 Å². The first kappa shape index (κ1) is 15.1. The number of rotatable bonds is 3. The van der Waals surface area contributed by atoms with Gasteiger partial charge >= 0.3 is 0 Å². The number of aryl methyl sites for hydroxylation is 2. The normalized spacial score (nSPS) is 20.6. The van der Waals surface area contributed by atoms with Crippen molar-refractivity contribution in [1.82, 2.24) is 19.3 Å². The standard InChI is InChI=1S/C19H23N5/c1-13-10-14(2)18(24-8-3-6-22-24)17(11-13)19-21-7-9-23(19)16-5-4-15(20)12-16/h3,6-11,15-16H,4-5,12,20H2,1-2H3/t15-,16+/m0/s1. The predicted molar refractivity (Wildman–Crippen MR) is 95.1 cm³/mol. The molecule has 0 radical (unpaired) electrons. The fourth-order valence-electron chi connectivity index (χ4n) is 3.90. The minimum Gasteiger partial charge on any atom is -0.328 e. The van der Waals surface area contributed by atoms with Gasteiger partial charge in [0.2, 0.25) is 0 Å². The van der Waals surface area contributed by atoms with E-state index in [2.05, 4.69) is 46.8 Å². The maximum Gasteiger partial charge on any atom is 0.142 e.